The zero-order valence-electron chi connectivity index (χ0n) is 30.8. The van der Waals surface area contributed by atoms with Crippen molar-refractivity contribution in [3.63, 3.8) is 0 Å². The molecule has 8 nitrogen and oxygen atoms in total. The number of hydrogen-bond acceptors (Lipinski definition) is 7. The normalized spacial score (nSPS) is 22.5. The Kier molecular flexibility index (Phi) is 10.4. The number of hydrogen-bond donors (Lipinski definition) is 2. The molecule has 0 unspecified atom stereocenters. The van der Waals surface area contributed by atoms with Gasteiger partial charge in [0.2, 0.25) is 0 Å². The van der Waals surface area contributed by atoms with Crippen LogP contribution < -0.4 is 14.2 Å². The van der Waals surface area contributed by atoms with E-state index in [1.54, 1.807) is 6.07 Å². The molecule has 0 spiro atoms. The molecule has 5 aromatic rings. The third kappa shape index (κ3) is 7.78. The summed E-state index contributed by atoms with van der Waals surface area (Å²) in [5.41, 5.74) is 4.60. The van der Waals surface area contributed by atoms with Gasteiger partial charge < -0.3 is 29.2 Å². The number of halogens is 2. The van der Waals surface area contributed by atoms with Crippen molar-refractivity contribution in [3.05, 3.63) is 148 Å². The number of rotatable bonds is 11. The Balaban J connectivity index is 0.000000159. The summed E-state index contributed by atoms with van der Waals surface area (Å²) in [5.74, 6) is 1.28. The zero-order valence-corrected chi connectivity index (χ0v) is 30.8. The number of aromatic hydroxyl groups is 1. The predicted molar refractivity (Wildman–Crippen MR) is 203 cm³/mol. The van der Waals surface area contributed by atoms with E-state index in [1.165, 1.54) is 18.2 Å². The Morgan fingerprint density at radius 2 is 1.20 bits per heavy atom. The third-order valence-electron chi connectivity index (χ3n) is 11.1. The highest BCUT2D eigenvalue weighted by Gasteiger charge is 2.45. The predicted octanol–water partition coefficient (Wildman–Crippen LogP) is 10.1. The number of fused-ring (bicyclic) bond motifs is 2. The Labute approximate surface area is 323 Å². The lowest BCUT2D eigenvalue weighted by atomic mass is 10.1. The van der Waals surface area contributed by atoms with Crippen LogP contribution in [0.25, 0.3) is 0 Å². The number of ether oxygens (including phenoxy) is 4. The van der Waals surface area contributed by atoms with E-state index >= 15 is 0 Å². The Hall–Kier alpha value is -5.90. The second kappa shape index (κ2) is 15.7. The first kappa shape index (κ1) is 37.0. The smallest absolute Gasteiger partial charge is 0.309 e. The molecule has 0 saturated heterocycles. The maximum Gasteiger partial charge on any atom is 0.309 e. The monoisotopic (exact) mass is 760 g/mol. The molecule has 0 radical (unpaired) electrons. The van der Waals surface area contributed by atoms with Crippen molar-refractivity contribution in [2.24, 2.45) is 11.8 Å². The summed E-state index contributed by atoms with van der Waals surface area (Å²) in [6, 6.07) is 30.3. The van der Waals surface area contributed by atoms with Crippen LogP contribution >= 0.6 is 0 Å². The molecule has 2 N–H and O–H groups in total. The summed E-state index contributed by atoms with van der Waals surface area (Å²) in [7, 11) is 0. The highest BCUT2D eigenvalue weighted by molar-refractivity contribution is 5.77. The first-order chi connectivity index (χ1) is 27.2. The minimum absolute atomic E-state index is 0.0412. The van der Waals surface area contributed by atoms with Crippen molar-refractivity contribution in [1.29, 1.82) is 0 Å². The number of carbonyl (C=O) groups excluding carboxylic acids is 1. The van der Waals surface area contributed by atoms with Crippen LogP contribution in [0, 0.1) is 23.5 Å². The molecule has 5 aromatic carbocycles. The van der Waals surface area contributed by atoms with Crippen LogP contribution in [0.15, 0.2) is 103 Å². The lowest BCUT2D eigenvalue weighted by Gasteiger charge is -2.17. The largest absolute Gasteiger partial charge is 0.508 e. The molecule has 10 heteroatoms. The molecule has 4 aliphatic carbocycles. The Morgan fingerprint density at radius 1 is 0.661 bits per heavy atom. The minimum atomic E-state index is -0.744. The number of phenols is 1. The minimum Gasteiger partial charge on any atom is -0.508 e. The van der Waals surface area contributed by atoms with E-state index in [4.69, 9.17) is 24.1 Å². The Morgan fingerprint density at radius 3 is 1.77 bits per heavy atom. The number of aliphatic carboxylic acids is 1. The van der Waals surface area contributed by atoms with Crippen molar-refractivity contribution in [1.82, 2.24) is 0 Å². The van der Waals surface area contributed by atoms with Gasteiger partial charge in [-0.25, -0.2) is 8.78 Å². The van der Waals surface area contributed by atoms with Crippen LogP contribution in [0.2, 0.25) is 0 Å². The van der Waals surface area contributed by atoms with Gasteiger partial charge >= 0.3 is 11.9 Å². The lowest BCUT2D eigenvalue weighted by Crippen LogP contribution is -2.07. The summed E-state index contributed by atoms with van der Waals surface area (Å²) in [6.07, 6.45) is 3.33. The fourth-order valence-electron chi connectivity index (χ4n) is 8.07. The molecule has 288 valence electrons. The van der Waals surface area contributed by atoms with Gasteiger partial charge in [0.15, 0.2) is 0 Å². The molecule has 2 saturated carbocycles. The second-order valence-corrected chi connectivity index (χ2v) is 14.7. The molecule has 0 bridgehead atoms. The maximum absolute atomic E-state index is 14.7. The lowest BCUT2D eigenvalue weighted by molar-refractivity contribution is -0.144. The van der Waals surface area contributed by atoms with Crippen molar-refractivity contribution < 1.29 is 47.5 Å². The van der Waals surface area contributed by atoms with Gasteiger partial charge in [-0.1, -0.05) is 42.5 Å². The van der Waals surface area contributed by atoms with E-state index in [0.717, 1.165) is 23.1 Å². The van der Waals surface area contributed by atoms with Crippen molar-refractivity contribution in [3.8, 4) is 28.7 Å². The fourth-order valence-corrected chi connectivity index (χ4v) is 8.07. The van der Waals surface area contributed by atoms with Gasteiger partial charge in [-0.15, -0.1) is 0 Å². The quantitative estimate of drug-likeness (QED) is 0.128. The number of phenolic OH excluding ortho intramolecular Hbond substituents is 1. The molecule has 0 aliphatic heterocycles. The van der Waals surface area contributed by atoms with Gasteiger partial charge in [0.05, 0.1) is 18.4 Å². The topological polar surface area (TPSA) is 112 Å². The van der Waals surface area contributed by atoms with Gasteiger partial charge in [-0.3, -0.25) is 9.59 Å². The zero-order chi connectivity index (χ0) is 38.9. The van der Waals surface area contributed by atoms with Gasteiger partial charge in [0.25, 0.3) is 0 Å². The standard InChI is InChI=1S/C25H21FO4.C21H21FO4/c26-21-11-13-22(29-16-4-2-1-3-5-16)18-10-12-23(24(18)21)30-17-8-6-15(7-9-17)19-14-20(19)25(27)28;1-2-25-21(24)16-11-15(16)12-3-5-13(6-4-12)26-19-10-7-14-18(23)9-8-17(22)20(14)19/h1-9,11,13,19-20,23H,10,12,14H2,(H,27,28);3-6,8-9,15-16,19,23H,2,7,10-11H2,1H3/t19-,20+,23-;15-,16+,19-/m11/s1. The van der Waals surface area contributed by atoms with Gasteiger partial charge in [-0.2, -0.15) is 0 Å². The van der Waals surface area contributed by atoms with E-state index in [9.17, 15) is 23.5 Å². The molecule has 0 heterocycles. The summed E-state index contributed by atoms with van der Waals surface area (Å²) in [4.78, 5) is 22.8. The third-order valence-corrected chi connectivity index (χ3v) is 11.1. The van der Waals surface area contributed by atoms with Crippen LogP contribution in [-0.4, -0.2) is 28.8 Å². The SMILES string of the molecule is CCOC(=O)[C@H]1C[C@@H]1c1ccc(O[C@@H]2CCc3c(O)ccc(F)c32)cc1.O=C(O)[C@H]1C[C@@H]1c1ccc(O[C@@H]2CCc3c(Oc4ccccc4)ccc(F)c32)cc1. The first-order valence-electron chi connectivity index (χ1n) is 19.2. The summed E-state index contributed by atoms with van der Waals surface area (Å²) in [5, 5.41) is 19.0. The van der Waals surface area contributed by atoms with Crippen LogP contribution in [0.5, 0.6) is 28.7 Å². The molecule has 0 aromatic heterocycles. The van der Waals surface area contributed by atoms with E-state index in [2.05, 4.69) is 0 Å². The van der Waals surface area contributed by atoms with Crippen molar-refractivity contribution in [2.45, 2.75) is 69.5 Å². The molecular weight excluding hydrogens is 718 g/mol. The highest BCUT2D eigenvalue weighted by Crippen LogP contribution is 2.50. The van der Waals surface area contributed by atoms with Gasteiger partial charge in [0, 0.05) is 22.3 Å². The highest BCUT2D eigenvalue weighted by atomic mass is 19.1. The number of carboxylic acid groups (broad SMARTS) is 1. The van der Waals surface area contributed by atoms with Crippen LogP contribution in [0.3, 0.4) is 0 Å². The Bertz CT molecular complexity index is 2220. The summed E-state index contributed by atoms with van der Waals surface area (Å²) < 4.78 is 51.9. The number of carbonyl (C=O) groups is 2. The second-order valence-electron chi connectivity index (χ2n) is 14.7. The van der Waals surface area contributed by atoms with Crippen molar-refractivity contribution >= 4 is 11.9 Å². The van der Waals surface area contributed by atoms with E-state index in [-0.39, 0.29) is 53.1 Å². The average molecular weight is 761 g/mol. The summed E-state index contributed by atoms with van der Waals surface area (Å²) >= 11 is 0. The van der Waals surface area contributed by atoms with Gasteiger partial charge in [-0.05, 0) is 129 Å². The molecule has 6 atom stereocenters. The summed E-state index contributed by atoms with van der Waals surface area (Å²) in [6.45, 7) is 2.22. The molecule has 9 rings (SSSR count). The number of benzene rings is 5. The first-order valence-corrected chi connectivity index (χ1v) is 19.2. The number of carboxylic acids is 1. The number of para-hydroxylation sites is 1. The van der Waals surface area contributed by atoms with E-state index in [1.807, 2.05) is 85.8 Å². The van der Waals surface area contributed by atoms with Crippen LogP contribution in [0.1, 0.15) is 90.0 Å². The van der Waals surface area contributed by atoms with E-state index < -0.39 is 12.1 Å². The van der Waals surface area contributed by atoms with Crippen molar-refractivity contribution in [2.75, 3.05) is 6.61 Å². The molecule has 0 amide bonds. The molecule has 2 fully saturated rings. The van der Waals surface area contributed by atoms with Gasteiger partial charge in [0.1, 0.15) is 52.6 Å². The average Bonchev–Trinajstić information content (AvgIpc) is 4.11. The fraction of sp³-hybridized carbons (Fsp3) is 0.304. The number of esters is 1. The van der Waals surface area contributed by atoms with E-state index in [0.29, 0.717) is 78.4 Å². The molecular formula is C46H42F2O8. The maximum atomic E-state index is 14.7. The molecule has 56 heavy (non-hydrogen) atoms. The van der Waals surface area contributed by atoms with Crippen LogP contribution in [-0.2, 0) is 27.2 Å². The molecule has 4 aliphatic rings. The van der Waals surface area contributed by atoms with Crippen LogP contribution in [0.4, 0.5) is 8.78 Å².